The van der Waals surface area contributed by atoms with Gasteiger partial charge in [0.1, 0.15) is 0 Å². The number of rotatable bonds is 3. The highest BCUT2D eigenvalue weighted by atomic mass is 16.5. The number of phenols is 1. The first-order valence-electron chi connectivity index (χ1n) is 9.25. The van der Waals surface area contributed by atoms with E-state index in [-0.39, 0.29) is 11.7 Å². The van der Waals surface area contributed by atoms with Gasteiger partial charge in [0, 0.05) is 39.5 Å². The van der Waals surface area contributed by atoms with E-state index < -0.39 is 0 Å². The summed E-state index contributed by atoms with van der Waals surface area (Å²) < 4.78 is 5.20. The molecule has 0 unspecified atom stereocenters. The van der Waals surface area contributed by atoms with Gasteiger partial charge >= 0.3 is 0 Å². The Balaban J connectivity index is 1.56. The van der Waals surface area contributed by atoms with Crippen LogP contribution in [0.2, 0.25) is 0 Å². The first-order valence-corrected chi connectivity index (χ1v) is 9.25. The summed E-state index contributed by atoms with van der Waals surface area (Å²) in [6.07, 6.45) is 3.84. The van der Waals surface area contributed by atoms with Gasteiger partial charge in [-0.2, -0.15) is 0 Å². The number of aromatic hydroxyl groups is 1. The Kier molecular flexibility index (Phi) is 3.88. The number of carbonyl (C=O) groups is 1. The molecule has 1 aromatic heterocycles. The zero-order chi connectivity index (χ0) is 20.0. The summed E-state index contributed by atoms with van der Waals surface area (Å²) in [5.74, 6) is 0.382. The Bertz CT molecular complexity index is 1300. The number of fused-ring (bicyclic) bond motifs is 2. The summed E-state index contributed by atoms with van der Waals surface area (Å²) in [4.78, 5) is 15.9. The number of phenolic OH excluding ortho intramolecular Hbond substituents is 1. The van der Waals surface area contributed by atoms with Gasteiger partial charge in [0.2, 0.25) is 0 Å². The van der Waals surface area contributed by atoms with Crippen molar-refractivity contribution in [3.8, 4) is 22.6 Å². The van der Waals surface area contributed by atoms with Crippen molar-refractivity contribution in [2.24, 2.45) is 0 Å². The third kappa shape index (κ3) is 2.84. The molecule has 0 saturated carbocycles. The predicted octanol–water partition coefficient (Wildman–Crippen LogP) is 5.04. The molecule has 5 heteroatoms. The second-order valence-electron chi connectivity index (χ2n) is 6.95. The lowest BCUT2D eigenvalue weighted by Gasteiger charge is -2.08. The Labute approximate surface area is 167 Å². The first kappa shape index (κ1) is 17.1. The van der Waals surface area contributed by atoms with E-state index >= 15 is 0 Å². The maximum absolute atomic E-state index is 12.6. The van der Waals surface area contributed by atoms with Gasteiger partial charge in [-0.3, -0.25) is 4.79 Å². The summed E-state index contributed by atoms with van der Waals surface area (Å²) in [6.45, 7) is 0. The second kappa shape index (κ2) is 6.56. The van der Waals surface area contributed by atoms with E-state index in [1.807, 2.05) is 60.8 Å². The van der Waals surface area contributed by atoms with Crippen LogP contribution in [-0.2, 0) is 4.79 Å². The number of hydrogen-bond donors (Lipinski definition) is 3. The maximum atomic E-state index is 12.6. The number of para-hydroxylation sites is 1. The van der Waals surface area contributed by atoms with E-state index in [0.717, 1.165) is 38.8 Å². The molecule has 142 valence electrons. The molecular formula is C24H18N2O3. The molecule has 0 atom stereocenters. The molecule has 0 bridgehead atoms. The molecule has 0 saturated heterocycles. The molecule has 2 heterocycles. The van der Waals surface area contributed by atoms with Crippen molar-refractivity contribution in [3.63, 3.8) is 0 Å². The molecular weight excluding hydrogens is 364 g/mol. The van der Waals surface area contributed by atoms with Crippen molar-refractivity contribution >= 4 is 34.1 Å². The lowest BCUT2D eigenvalue weighted by atomic mass is 9.99. The largest absolute Gasteiger partial charge is 0.504 e. The minimum atomic E-state index is -0.120. The van der Waals surface area contributed by atoms with E-state index in [0.29, 0.717) is 11.3 Å². The van der Waals surface area contributed by atoms with E-state index in [1.54, 1.807) is 12.1 Å². The second-order valence-corrected chi connectivity index (χ2v) is 6.95. The molecule has 1 aliphatic heterocycles. The van der Waals surface area contributed by atoms with Crippen molar-refractivity contribution in [1.29, 1.82) is 0 Å². The minimum absolute atomic E-state index is 0.0923. The first-order chi connectivity index (χ1) is 14.1. The number of nitrogens with one attached hydrogen (secondary N) is 2. The topological polar surface area (TPSA) is 74.3 Å². The number of carbonyl (C=O) groups excluding carboxylic acids is 1. The van der Waals surface area contributed by atoms with Crippen molar-refractivity contribution in [2.75, 3.05) is 12.4 Å². The van der Waals surface area contributed by atoms with E-state index in [4.69, 9.17) is 4.74 Å². The molecule has 5 rings (SSSR count). The number of anilines is 1. The third-order valence-corrected chi connectivity index (χ3v) is 5.24. The van der Waals surface area contributed by atoms with Gasteiger partial charge in [-0.25, -0.2) is 0 Å². The van der Waals surface area contributed by atoms with Crippen LogP contribution in [0.1, 0.15) is 11.1 Å². The van der Waals surface area contributed by atoms with Gasteiger partial charge in [0.25, 0.3) is 5.91 Å². The third-order valence-electron chi connectivity index (χ3n) is 5.24. The minimum Gasteiger partial charge on any atom is -0.504 e. The summed E-state index contributed by atoms with van der Waals surface area (Å²) >= 11 is 0. The van der Waals surface area contributed by atoms with Crippen LogP contribution >= 0.6 is 0 Å². The average molecular weight is 382 g/mol. The van der Waals surface area contributed by atoms with Crippen molar-refractivity contribution < 1.29 is 14.6 Å². The molecule has 5 nitrogen and oxygen atoms in total. The van der Waals surface area contributed by atoms with E-state index in [1.165, 1.54) is 7.11 Å². The standard InChI is InChI=1S/C24H18N2O3/c1-29-23-12-15(7-9-22(23)27)14-6-8-18-19(24(28)26-21(18)11-14)10-16-13-25-20-5-3-2-4-17(16)20/h2-13,25,27H,1H3,(H,26,28)/b19-10-. The molecule has 0 spiro atoms. The van der Waals surface area contributed by atoms with E-state index in [2.05, 4.69) is 10.3 Å². The average Bonchev–Trinajstić information content (AvgIpc) is 3.29. The lowest BCUT2D eigenvalue weighted by Crippen LogP contribution is -2.03. The van der Waals surface area contributed by atoms with Crippen molar-refractivity contribution in [2.45, 2.75) is 0 Å². The molecule has 4 aromatic rings. The molecule has 1 aliphatic rings. The molecule has 1 amide bonds. The van der Waals surface area contributed by atoms with Gasteiger partial charge in [-0.15, -0.1) is 0 Å². The number of ether oxygens (including phenoxy) is 1. The summed E-state index contributed by atoms with van der Waals surface area (Å²) in [5.41, 5.74) is 6.11. The molecule has 29 heavy (non-hydrogen) atoms. The number of aromatic amines is 1. The highest BCUT2D eigenvalue weighted by Crippen LogP contribution is 2.38. The van der Waals surface area contributed by atoms with Gasteiger partial charge in [-0.1, -0.05) is 36.4 Å². The van der Waals surface area contributed by atoms with Crippen molar-refractivity contribution in [1.82, 2.24) is 4.98 Å². The van der Waals surface area contributed by atoms with Crippen LogP contribution in [0.15, 0.2) is 66.9 Å². The molecule has 0 radical (unpaired) electrons. The van der Waals surface area contributed by atoms with Crippen molar-refractivity contribution in [3.05, 3.63) is 78.0 Å². The fourth-order valence-corrected chi connectivity index (χ4v) is 3.74. The Morgan fingerprint density at radius 2 is 1.79 bits per heavy atom. The van der Waals surface area contributed by atoms with Crippen LogP contribution in [0, 0.1) is 0 Å². The smallest absolute Gasteiger partial charge is 0.256 e. The SMILES string of the molecule is COc1cc(-c2ccc3c(c2)NC(=O)/C3=C\c2c[nH]c3ccccc23)ccc1O. The number of methoxy groups -OCH3 is 1. The summed E-state index contributed by atoms with van der Waals surface area (Å²) in [6, 6.07) is 19.1. The monoisotopic (exact) mass is 382 g/mol. The number of aromatic nitrogens is 1. The number of H-pyrrole nitrogens is 1. The van der Waals surface area contributed by atoms with E-state index in [9.17, 15) is 9.90 Å². The number of hydrogen-bond acceptors (Lipinski definition) is 3. The van der Waals surface area contributed by atoms with Crippen LogP contribution in [0.25, 0.3) is 33.7 Å². The van der Waals surface area contributed by atoms with Gasteiger partial charge in [0.05, 0.1) is 7.11 Å². The maximum Gasteiger partial charge on any atom is 0.256 e. The Morgan fingerprint density at radius 1 is 1.00 bits per heavy atom. The predicted molar refractivity (Wildman–Crippen MR) is 115 cm³/mol. The quantitative estimate of drug-likeness (QED) is 0.435. The van der Waals surface area contributed by atoms with Gasteiger partial charge in [-0.05, 0) is 41.5 Å². The van der Waals surface area contributed by atoms with Gasteiger partial charge in [0.15, 0.2) is 11.5 Å². The number of amides is 1. The summed E-state index contributed by atoms with van der Waals surface area (Å²) in [5, 5.41) is 13.8. The fraction of sp³-hybridized carbons (Fsp3) is 0.0417. The molecule has 0 aliphatic carbocycles. The summed E-state index contributed by atoms with van der Waals surface area (Å²) in [7, 11) is 1.52. The van der Waals surface area contributed by atoms with Crippen LogP contribution in [0.3, 0.4) is 0 Å². The van der Waals surface area contributed by atoms with Crippen LogP contribution in [-0.4, -0.2) is 23.1 Å². The zero-order valence-corrected chi connectivity index (χ0v) is 15.7. The highest BCUT2D eigenvalue weighted by molar-refractivity contribution is 6.35. The zero-order valence-electron chi connectivity index (χ0n) is 15.7. The van der Waals surface area contributed by atoms with Crippen LogP contribution in [0.4, 0.5) is 5.69 Å². The highest BCUT2D eigenvalue weighted by Gasteiger charge is 2.25. The molecule has 0 fully saturated rings. The molecule has 3 N–H and O–H groups in total. The molecule has 3 aromatic carbocycles. The number of benzene rings is 3. The van der Waals surface area contributed by atoms with Crippen LogP contribution in [0.5, 0.6) is 11.5 Å². The fourth-order valence-electron chi connectivity index (χ4n) is 3.74. The Hall–Kier alpha value is -3.99. The van der Waals surface area contributed by atoms with Gasteiger partial charge < -0.3 is 20.1 Å². The van der Waals surface area contributed by atoms with Crippen LogP contribution < -0.4 is 10.1 Å². The Morgan fingerprint density at radius 3 is 2.66 bits per heavy atom. The normalized spacial score (nSPS) is 14.2. The lowest BCUT2D eigenvalue weighted by molar-refractivity contribution is -0.110.